The maximum Gasteiger partial charge on any atom is 0.407 e. The second kappa shape index (κ2) is 6.05. The Kier molecular flexibility index (Phi) is 4.99. The van der Waals surface area contributed by atoms with Crippen LogP contribution in [0, 0.1) is 0 Å². The predicted molar refractivity (Wildman–Crippen MR) is 71.0 cm³/mol. The summed E-state index contributed by atoms with van der Waals surface area (Å²) in [7, 11) is 0. The Labute approximate surface area is 108 Å². The van der Waals surface area contributed by atoms with E-state index in [0.717, 1.165) is 0 Å². The van der Waals surface area contributed by atoms with Gasteiger partial charge < -0.3 is 20.7 Å². The third-order valence-electron chi connectivity index (χ3n) is 1.99. The highest BCUT2D eigenvalue weighted by molar-refractivity contribution is 7.80. The molecule has 1 saturated carbocycles. The number of hydrogen-bond donors (Lipinski definition) is 3. The standard InChI is InChI=1S/C11H21N3O2S/c1-11(2,3)16-10(15)13-7-6-12-9(17)14-8-4-5-8/h8H,4-7H2,1-3H3,(H,13,15)(H2,12,14,17). The summed E-state index contributed by atoms with van der Waals surface area (Å²) < 4.78 is 5.09. The molecule has 1 aliphatic rings. The van der Waals surface area contributed by atoms with E-state index >= 15 is 0 Å². The summed E-state index contributed by atoms with van der Waals surface area (Å²) in [4.78, 5) is 11.3. The SMILES string of the molecule is CC(C)(C)OC(=O)NCCNC(=S)NC1CC1. The minimum absolute atomic E-state index is 0.402. The topological polar surface area (TPSA) is 62.4 Å². The van der Waals surface area contributed by atoms with Gasteiger partial charge in [-0.1, -0.05) is 0 Å². The van der Waals surface area contributed by atoms with Crippen LogP contribution in [0.25, 0.3) is 0 Å². The van der Waals surface area contributed by atoms with Gasteiger partial charge in [0.05, 0.1) is 0 Å². The van der Waals surface area contributed by atoms with Gasteiger partial charge in [0, 0.05) is 19.1 Å². The summed E-state index contributed by atoms with van der Waals surface area (Å²) in [6, 6.07) is 0.550. The molecule has 1 rings (SSSR count). The normalized spacial score (nSPS) is 15.0. The largest absolute Gasteiger partial charge is 0.444 e. The lowest BCUT2D eigenvalue weighted by Gasteiger charge is -2.19. The van der Waals surface area contributed by atoms with E-state index in [9.17, 15) is 4.79 Å². The maximum atomic E-state index is 11.3. The molecule has 0 aromatic carbocycles. The molecule has 1 amide bonds. The summed E-state index contributed by atoms with van der Waals surface area (Å²) in [5, 5.41) is 9.48. The molecule has 0 radical (unpaired) electrons. The van der Waals surface area contributed by atoms with Crippen molar-refractivity contribution in [2.24, 2.45) is 0 Å². The van der Waals surface area contributed by atoms with Gasteiger partial charge in [-0.25, -0.2) is 4.79 Å². The number of nitrogens with one attached hydrogen (secondary N) is 3. The van der Waals surface area contributed by atoms with E-state index in [2.05, 4.69) is 16.0 Å². The Bertz CT molecular complexity index is 285. The zero-order valence-electron chi connectivity index (χ0n) is 10.6. The molecule has 0 saturated heterocycles. The van der Waals surface area contributed by atoms with Gasteiger partial charge in [0.25, 0.3) is 0 Å². The fraction of sp³-hybridized carbons (Fsp3) is 0.818. The Morgan fingerprint density at radius 2 is 1.88 bits per heavy atom. The van der Waals surface area contributed by atoms with E-state index in [1.807, 2.05) is 20.8 Å². The maximum absolute atomic E-state index is 11.3. The van der Waals surface area contributed by atoms with Crippen molar-refractivity contribution in [3.8, 4) is 0 Å². The fourth-order valence-corrected chi connectivity index (χ4v) is 1.39. The Morgan fingerprint density at radius 3 is 2.41 bits per heavy atom. The number of alkyl carbamates (subject to hydrolysis) is 1. The van der Waals surface area contributed by atoms with Gasteiger partial charge >= 0.3 is 6.09 Å². The smallest absolute Gasteiger partial charge is 0.407 e. The first kappa shape index (κ1) is 14.0. The van der Waals surface area contributed by atoms with Crippen molar-refractivity contribution >= 4 is 23.4 Å². The Morgan fingerprint density at radius 1 is 1.29 bits per heavy atom. The van der Waals surface area contributed by atoms with Crippen molar-refractivity contribution in [3.05, 3.63) is 0 Å². The average molecular weight is 259 g/mol. The molecule has 17 heavy (non-hydrogen) atoms. The third kappa shape index (κ3) is 7.79. The molecule has 0 bridgehead atoms. The van der Waals surface area contributed by atoms with Crippen LogP contribution in [0.4, 0.5) is 4.79 Å². The molecule has 1 aliphatic carbocycles. The number of thiocarbonyl (C=S) groups is 1. The zero-order chi connectivity index (χ0) is 12.9. The van der Waals surface area contributed by atoms with Gasteiger partial charge in [-0.05, 0) is 45.8 Å². The van der Waals surface area contributed by atoms with E-state index in [-0.39, 0.29) is 0 Å². The van der Waals surface area contributed by atoms with Gasteiger partial charge in [-0.3, -0.25) is 0 Å². The van der Waals surface area contributed by atoms with Crippen LogP contribution in [0.3, 0.4) is 0 Å². The number of amides is 1. The van der Waals surface area contributed by atoms with Crippen molar-refractivity contribution < 1.29 is 9.53 Å². The molecule has 6 heteroatoms. The van der Waals surface area contributed by atoms with Crippen molar-refractivity contribution in [2.45, 2.75) is 45.3 Å². The second-order valence-corrected chi connectivity index (χ2v) is 5.51. The molecule has 0 aromatic heterocycles. The summed E-state index contributed by atoms with van der Waals surface area (Å²) >= 11 is 5.07. The summed E-state index contributed by atoms with van der Waals surface area (Å²) in [5.41, 5.74) is -0.458. The van der Waals surface area contributed by atoms with Gasteiger partial charge in [0.2, 0.25) is 0 Å². The van der Waals surface area contributed by atoms with Gasteiger partial charge in [0.15, 0.2) is 5.11 Å². The first-order chi connectivity index (χ1) is 7.87. The van der Waals surface area contributed by atoms with Gasteiger partial charge in [0.1, 0.15) is 5.60 Å². The molecular weight excluding hydrogens is 238 g/mol. The van der Waals surface area contributed by atoms with Crippen LogP contribution in [0.2, 0.25) is 0 Å². The van der Waals surface area contributed by atoms with Crippen LogP contribution >= 0.6 is 12.2 Å². The molecule has 98 valence electrons. The fourth-order valence-electron chi connectivity index (χ4n) is 1.12. The quantitative estimate of drug-likeness (QED) is 0.522. The minimum Gasteiger partial charge on any atom is -0.444 e. The van der Waals surface area contributed by atoms with Crippen LogP contribution in [-0.2, 0) is 4.74 Å². The molecular formula is C11H21N3O2S. The Balaban J connectivity index is 1.99. The molecule has 0 unspecified atom stereocenters. The number of carbonyl (C=O) groups excluding carboxylic acids is 1. The van der Waals surface area contributed by atoms with Crippen LogP contribution in [0.1, 0.15) is 33.6 Å². The molecule has 1 fully saturated rings. The van der Waals surface area contributed by atoms with E-state index in [1.54, 1.807) is 0 Å². The van der Waals surface area contributed by atoms with Crippen LogP contribution in [-0.4, -0.2) is 35.9 Å². The molecule has 0 spiro atoms. The molecule has 0 aromatic rings. The first-order valence-corrected chi connectivity index (χ1v) is 6.29. The number of rotatable bonds is 4. The van der Waals surface area contributed by atoms with E-state index in [0.29, 0.717) is 24.2 Å². The van der Waals surface area contributed by atoms with Crippen molar-refractivity contribution in [1.29, 1.82) is 0 Å². The summed E-state index contributed by atoms with van der Waals surface area (Å²) in [6.07, 6.45) is 1.98. The van der Waals surface area contributed by atoms with Gasteiger partial charge in [-0.15, -0.1) is 0 Å². The van der Waals surface area contributed by atoms with Gasteiger partial charge in [-0.2, -0.15) is 0 Å². The molecule has 0 heterocycles. The monoisotopic (exact) mass is 259 g/mol. The predicted octanol–water partition coefficient (Wildman–Crippen LogP) is 1.14. The number of hydrogen-bond acceptors (Lipinski definition) is 3. The molecule has 3 N–H and O–H groups in total. The highest BCUT2D eigenvalue weighted by atomic mass is 32.1. The third-order valence-corrected chi connectivity index (χ3v) is 2.25. The average Bonchev–Trinajstić information content (AvgIpc) is 2.93. The lowest BCUT2D eigenvalue weighted by Crippen LogP contribution is -2.41. The van der Waals surface area contributed by atoms with Crippen molar-refractivity contribution in [3.63, 3.8) is 0 Å². The lowest BCUT2D eigenvalue weighted by atomic mass is 10.2. The van der Waals surface area contributed by atoms with Crippen LogP contribution in [0.5, 0.6) is 0 Å². The second-order valence-electron chi connectivity index (χ2n) is 5.10. The van der Waals surface area contributed by atoms with Crippen molar-refractivity contribution in [1.82, 2.24) is 16.0 Å². The summed E-state index contributed by atoms with van der Waals surface area (Å²) in [6.45, 7) is 6.58. The lowest BCUT2D eigenvalue weighted by molar-refractivity contribution is 0.0529. The molecule has 5 nitrogen and oxygen atoms in total. The number of ether oxygens (including phenoxy) is 1. The van der Waals surface area contributed by atoms with E-state index < -0.39 is 11.7 Å². The molecule has 0 aliphatic heterocycles. The highest BCUT2D eigenvalue weighted by Crippen LogP contribution is 2.18. The number of carbonyl (C=O) groups is 1. The van der Waals surface area contributed by atoms with Crippen LogP contribution < -0.4 is 16.0 Å². The van der Waals surface area contributed by atoms with E-state index in [4.69, 9.17) is 17.0 Å². The first-order valence-electron chi connectivity index (χ1n) is 5.88. The van der Waals surface area contributed by atoms with E-state index in [1.165, 1.54) is 12.8 Å². The molecule has 0 atom stereocenters. The zero-order valence-corrected chi connectivity index (χ0v) is 11.4. The minimum atomic E-state index is -0.458. The highest BCUT2D eigenvalue weighted by Gasteiger charge is 2.21. The van der Waals surface area contributed by atoms with Crippen LogP contribution in [0.15, 0.2) is 0 Å². The van der Waals surface area contributed by atoms with Crippen molar-refractivity contribution in [2.75, 3.05) is 13.1 Å². The Hall–Kier alpha value is -1.04. The summed E-state index contributed by atoms with van der Waals surface area (Å²) in [5.74, 6) is 0.